The normalized spacial score (nSPS) is 13.6. The van der Waals surface area contributed by atoms with Gasteiger partial charge in [0.15, 0.2) is 0 Å². The van der Waals surface area contributed by atoms with Gasteiger partial charge < -0.3 is 9.05 Å². The van der Waals surface area contributed by atoms with Gasteiger partial charge >= 0.3 is 6.85 Å². The molecular formula is C37H34BN3. The van der Waals surface area contributed by atoms with Gasteiger partial charge in [-0.05, 0) is 57.1 Å². The molecule has 7 aromatic rings. The molecule has 4 heteroatoms. The monoisotopic (exact) mass is 531 g/mol. The molecule has 200 valence electrons. The molecule has 0 aliphatic carbocycles. The van der Waals surface area contributed by atoms with E-state index in [2.05, 4.69) is 141 Å². The molecule has 1 aliphatic rings. The van der Waals surface area contributed by atoms with E-state index in [0.29, 0.717) is 0 Å². The van der Waals surface area contributed by atoms with Crippen LogP contribution in [-0.4, -0.2) is 20.9 Å². The fourth-order valence-electron chi connectivity index (χ4n) is 7.04. The van der Waals surface area contributed by atoms with Crippen molar-refractivity contribution < 1.29 is 0 Å². The average Bonchev–Trinajstić information content (AvgIpc) is 3.46. The van der Waals surface area contributed by atoms with E-state index in [4.69, 9.17) is 0 Å². The number of pyridine rings is 1. The molecule has 0 atom stereocenters. The van der Waals surface area contributed by atoms with Crippen LogP contribution in [-0.2, 0) is 10.8 Å². The molecule has 0 fully saturated rings. The lowest BCUT2D eigenvalue weighted by atomic mass is 9.48. The number of aromatic nitrogens is 3. The van der Waals surface area contributed by atoms with Crippen molar-refractivity contribution in [1.29, 1.82) is 0 Å². The first-order valence-corrected chi connectivity index (χ1v) is 14.7. The summed E-state index contributed by atoms with van der Waals surface area (Å²) in [6, 6.07) is 32.2. The van der Waals surface area contributed by atoms with Crippen LogP contribution in [0.2, 0.25) is 0 Å². The van der Waals surface area contributed by atoms with E-state index in [9.17, 15) is 0 Å². The standard InChI is InChI=1S/C37H34BN3/c1-36(2,3)23-14-16-25-26-17-15-24(37(4,5)6)21-34(26)41(33(25)20-23)38-29-11-7-8-13-32(29)40-31-18-19-39-22-28(31)27-10-9-12-30(38)35(27)40/h7-22H,1-6H3. The Hall–Kier alpha value is -4.31. The minimum Gasteiger partial charge on any atom is -0.376 e. The number of hydrogen-bond donors (Lipinski definition) is 0. The van der Waals surface area contributed by atoms with Crippen molar-refractivity contribution in [2.45, 2.75) is 52.4 Å². The minimum absolute atomic E-state index is 0.0325. The SMILES string of the molecule is CC(C)(C)c1ccc2c3ccc(C(C)(C)C)cc3n(B3c4ccccc4-n4c5ccncc5c5cccc3c54)c2c1. The Morgan fingerprint density at radius 2 is 1.22 bits per heavy atom. The van der Waals surface area contributed by atoms with Gasteiger partial charge in [-0.2, -0.15) is 0 Å². The first-order valence-electron chi connectivity index (χ1n) is 14.7. The highest BCUT2D eigenvalue weighted by atomic mass is 15.0. The van der Waals surface area contributed by atoms with Gasteiger partial charge in [-0.1, -0.05) is 102 Å². The summed E-state index contributed by atoms with van der Waals surface area (Å²) >= 11 is 0. The van der Waals surface area contributed by atoms with Gasteiger partial charge in [0.05, 0.1) is 11.0 Å². The quantitative estimate of drug-likeness (QED) is 0.198. The Labute approximate surface area is 241 Å². The van der Waals surface area contributed by atoms with E-state index in [1.165, 1.54) is 71.4 Å². The summed E-state index contributed by atoms with van der Waals surface area (Å²) in [6.45, 7) is 13.9. The molecule has 1 aliphatic heterocycles. The maximum atomic E-state index is 4.51. The summed E-state index contributed by atoms with van der Waals surface area (Å²) < 4.78 is 5.10. The molecule has 4 aromatic carbocycles. The molecule has 0 spiro atoms. The number of rotatable bonds is 1. The van der Waals surface area contributed by atoms with Crippen LogP contribution < -0.4 is 10.9 Å². The summed E-state index contributed by atoms with van der Waals surface area (Å²) in [5, 5.41) is 5.09. The third-order valence-electron chi connectivity index (χ3n) is 9.18. The van der Waals surface area contributed by atoms with Crippen LogP contribution in [0, 0.1) is 0 Å². The van der Waals surface area contributed by atoms with Crippen molar-refractivity contribution in [1.82, 2.24) is 14.0 Å². The molecule has 4 heterocycles. The van der Waals surface area contributed by atoms with Gasteiger partial charge in [0.1, 0.15) is 0 Å². The zero-order valence-corrected chi connectivity index (χ0v) is 24.7. The molecule has 3 aromatic heterocycles. The van der Waals surface area contributed by atoms with E-state index in [0.717, 1.165) is 0 Å². The molecule has 0 N–H and O–H groups in total. The topological polar surface area (TPSA) is 22.8 Å². The van der Waals surface area contributed by atoms with Crippen LogP contribution in [0.4, 0.5) is 0 Å². The lowest BCUT2D eigenvalue weighted by Gasteiger charge is -2.29. The zero-order chi connectivity index (χ0) is 28.3. The first kappa shape index (κ1) is 24.5. The smallest absolute Gasteiger partial charge is 0.332 e. The Kier molecular flexibility index (Phi) is 4.86. The minimum atomic E-state index is 0.0325. The molecule has 0 saturated heterocycles. The lowest BCUT2D eigenvalue weighted by Crippen LogP contribution is -2.53. The van der Waals surface area contributed by atoms with E-state index < -0.39 is 0 Å². The van der Waals surface area contributed by atoms with Gasteiger partial charge in [0, 0.05) is 50.7 Å². The Morgan fingerprint density at radius 1 is 0.585 bits per heavy atom. The van der Waals surface area contributed by atoms with Crippen LogP contribution in [0.1, 0.15) is 52.7 Å². The summed E-state index contributed by atoms with van der Waals surface area (Å²) in [5.74, 6) is 0. The zero-order valence-electron chi connectivity index (χ0n) is 24.7. The van der Waals surface area contributed by atoms with Crippen molar-refractivity contribution in [3.8, 4) is 5.69 Å². The van der Waals surface area contributed by atoms with E-state index >= 15 is 0 Å². The van der Waals surface area contributed by atoms with Crippen molar-refractivity contribution in [3.05, 3.63) is 108 Å². The maximum absolute atomic E-state index is 4.51. The Balaban J connectivity index is 1.57. The highest BCUT2D eigenvalue weighted by Crippen LogP contribution is 2.38. The summed E-state index contributed by atoms with van der Waals surface area (Å²) in [4.78, 5) is 4.51. The second kappa shape index (κ2) is 8.13. The van der Waals surface area contributed by atoms with E-state index in [1.54, 1.807) is 0 Å². The fourth-order valence-corrected chi connectivity index (χ4v) is 7.04. The number of benzene rings is 4. The Morgan fingerprint density at radius 3 is 1.88 bits per heavy atom. The van der Waals surface area contributed by atoms with Crippen molar-refractivity contribution in [2.75, 3.05) is 0 Å². The highest BCUT2D eigenvalue weighted by molar-refractivity contribution is 6.88. The first-order chi connectivity index (χ1) is 19.6. The molecule has 8 rings (SSSR count). The van der Waals surface area contributed by atoms with Gasteiger partial charge in [-0.15, -0.1) is 0 Å². The summed E-state index contributed by atoms with van der Waals surface area (Å²) in [7, 11) is 0. The Bertz CT molecular complexity index is 2110. The predicted molar refractivity (Wildman–Crippen MR) is 176 cm³/mol. The molecule has 0 amide bonds. The van der Waals surface area contributed by atoms with Gasteiger partial charge in [-0.3, -0.25) is 4.98 Å². The maximum Gasteiger partial charge on any atom is 0.332 e. The number of nitrogens with zero attached hydrogens (tertiary/aromatic N) is 3. The largest absolute Gasteiger partial charge is 0.376 e. The second-order valence-electron chi connectivity index (χ2n) is 13.8. The number of fused-ring (bicyclic) bond motifs is 8. The predicted octanol–water partition coefficient (Wildman–Crippen LogP) is 7.85. The average molecular weight is 532 g/mol. The molecule has 3 nitrogen and oxygen atoms in total. The molecule has 0 saturated carbocycles. The summed E-state index contributed by atoms with van der Waals surface area (Å²) in [5.41, 5.74) is 11.8. The molecule has 0 radical (unpaired) electrons. The van der Waals surface area contributed by atoms with Crippen LogP contribution in [0.3, 0.4) is 0 Å². The highest BCUT2D eigenvalue weighted by Gasteiger charge is 2.36. The van der Waals surface area contributed by atoms with E-state index in [1.807, 2.05) is 12.4 Å². The van der Waals surface area contributed by atoms with Crippen molar-refractivity contribution in [3.63, 3.8) is 0 Å². The van der Waals surface area contributed by atoms with Crippen LogP contribution in [0.15, 0.2) is 97.3 Å². The fraction of sp³-hybridized carbons (Fsp3) is 0.216. The lowest BCUT2D eigenvalue weighted by molar-refractivity contribution is 0.591. The van der Waals surface area contributed by atoms with Crippen molar-refractivity contribution in [2.24, 2.45) is 0 Å². The number of para-hydroxylation sites is 2. The molecule has 0 bridgehead atoms. The third-order valence-corrected chi connectivity index (χ3v) is 9.18. The van der Waals surface area contributed by atoms with E-state index in [-0.39, 0.29) is 17.7 Å². The van der Waals surface area contributed by atoms with Crippen LogP contribution in [0.25, 0.3) is 49.3 Å². The van der Waals surface area contributed by atoms with Crippen LogP contribution >= 0.6 is 0 Å². The van der Waals surface area contributed by atoms with Crippen LogP contribution in [0.5, 0.6) is 0 Å². The van der Waals surface area contributed by atoms with Crippen molar-refractivity contribution >= 4 is 61.4 Å². The van der Waals surface area contributed by atoms with Gasteiger partial charge in [0.2, 0.25) is 0 Å². The third kappa shape index (κ3) is 3.37. The van der Waals surface area contributed by atoms with Gasteiger partial charge in [-0.25, -0.2) is 0 Å². The summed E-state index contributed by atoms with van der Waals surface area (Å²) in [6.07, 6.45) is 3.93. The molecule has 41 heavy (non-hydrogen) atoms. The number of hydrogen-bond acceptors (Lipinski definition) is 1. The molecular weight excluding hydrogens is 497 g/mol. The van der Waals surface area contributed by atoms with Gasteiger partial charge in [0.25, 0.3) is 0 Å². The molecule has 0 unspecified atom stereocenters. The second-order valence-corrected chi connectivity index (χ2v) is 13.8.